The zero-order valence-electron chi connectivity index (χ0n) is 14.3. The van der Waals surface area contributed by atoms with Gasteiger partial charge in [-0.2, -0.15) is 0 Å². The molecule has 0 aromatic rings. The predicted octanol–water partition coefficient (Wildman–Crippen LogP) is 5.18. The van der Waals surface area contributed by atoms with Crippen LogP contribution in [0.2, 0.25) is 18.1 Å². The summed E-state index contributed by atoms with van der Waals surface area (Å²) < 4.78 is 0. The van der Waals surface area contributed by atoms with E-state index in [1.165, 1.54) is 32.1 Å². The summed E-state index contributed by atoms with van der Waals surface area (Å²) in [6, 6.07) is 0. The predicted molar refractivity (Wildman–Crippen MR) is 91.1 cm³/mol. The third kappa shape index (κ3) is 2.65. The molecule has 118 valence electrons. The smallest absolute Gasteiger partial charge is 0.222 e. The fourth-order valence-corrected chi connectivity index (χ4v) is 6.51. The van der Waals surface area contributed by atoms with E-state index in [9.17, 15) is 9.90 Å². The van der Waals surface area contributed by atoms with Crippen LogP contribution in [0.25, 0.3) is 0 Å². The molecule has 0 heterocycles. The molecule has 1 atom stereocenters. The van der Waals surface area contributed by atoms with Gasteiger partial charge >= 0.3 is 0 Å². The minimum absolute atomic E-state index is 0.0437. The summed E-state index contributed by atoms with van der Waals surface area (Å²) in [6.07, 6.45) is 6.13. The summed E-state index contributed by atoms with van der Waals surface area (Å²) >= 11 is 0. The SMILES string of the molecule is C=C1C(=O)C(O)=C([Si](C)(C)C(C)(C)C)[C@H]1C1CCCCC1. The maximum Gasteiger partial charge on any atom is 0.222 e. The Labute approximate surface area is 130 Å². The molecule has 21 heavy (non-hydrogen) atoms. The Morgan fingerprint density at radius 3 is 2.14 bits per heavy atom. The molecular weight excluding hydrogens is 276 g/mol. The van der Waals surface area contributed by atoms with Gasteiger partial charge in [0.05, 0.1) is 8.07 Å². The van der Waals surface area contributed by atoms with E-state index in [1.54, 1.807) is 0 Å². The first-order valence-corrected chi connectivity index (χ1v) is 11.3. The minimum Gasteiger partial charge on any atom is -0.504 e. The lowest BCUT2D eigenvalue weighted by molar-refractivity contribution is -0.114. The van der Waals surface area contributed by atoms with Crippen LogP contribution in [0.5, 0.6) is 0 Å². The number of Topliss-reactive ketones (excluding diaryl/α,β-unsaturated/α-hetero) is 1. The minimum atomic E-state index is -1.92. The van der Waals surface area contributed by atoms with Gasteiger partial charge in [0.25, 0.3) is 0 Å². The maximum atomic E-state index is 12.4. The highest BCUT2D eigenvalue weighted by Gasteiger charge is 2.51. The van der Waals surface area contributed by atoms with Gasteiger partial charge in [-0.05, 0) is 29.0 Å². The van der Waals surface area contributed by atoms with Crippen molar-refractivity contribution in [3.63, 3.8) is 0 Å². The highest BCUT2D eigenvalue weighted by molar-refractivity contribution is 6.87. The van der Waals surface area contributed by atoms with E-state index in [2.05, 4.69) is 40.4 Å². The van der Waals surface area contributed by atoms with Crippen molar-refractivity contribution in [1.29, 1.82) is 0 Å². The Morgan fingerprint density at radius 2 is 1.67 bits per heavy atom. The average Bonchev–Trinajstić information content (AvgIpc) is 2.63. The Hall–Kier alpha value is -0.833. The summed E-state index contributed by atoms with van der Waals surface area (Å²) in [4.78, 5) is 12.4. The fraction of sp³-hybridized carbons (Fsp3) is 0.722. The number of carbonyl (C=O) groups excluding carboxylic acids is 1. The molecule has 2 aliphatic carbocycles. The summed E-state index contributed by atoms with van der Waals surface area (Å²) in [7, 11) is -1.92. The van der Waals surface area contributed by atoms with Gasteiger partial charge in [0.2, 0.25) is 5.78 Å². The molecule has 0 amide bonds. The van der Waals surface area contributed by atoms with E-state index in [0.29, 0.717) is 11.5 Å². The van der Waals surface area contributed by atoms with Gasteiger partial charge in [-0.1, -0.05) is 59.7 Å². The molecule has 2 nitrogen and oxygen atoms in total. The monoisotopic (exact) mass is 306 g/mol. The first-order chi connectivity index (χ1) is 9.59. The third-order valence-electron chi connectivity index (χ3n) is 6.12. The maximum absolute atomic E-state index is 12.4. The second-order valence-electron chi connectivity index (χ2n) is 8.37. The molecule has 3 heteroatoms. The first-order valence-electron chi connectivity index (χ1n) is 8.26. The summed E-state index contributed by atoms with van der Waals surface area (Å²) in [5, 5.41) is 11.7. The number of aliphatic hydroxyl groups excluding tert-OH is 1. The second-order valence-corrected chi connectivity index (χ2v) is 13.7. The Kier molecular flexibility index (Phi) is 4.27. The van der Waals surface area contributed by atoms with Crippen LogP contribution < -0.4 is 0 Å². The van der Waals surface area contributed by atoms with Crippen molar-refractivity contribution in [1.82, 2.24) is 0 Å². The van der Waals surface area contributed by atoms with Crippen LogP contribution in [0.15, 0.2) is 23.1 Å². The molecule has 0 radical (unpaired) electrons. The van der Waals surface area contributed by atoms with Gasteiger partial charge in [0.1, 0.15) is 0 Å². The van der Waals surface area contributed by atoms with Crippen LogP contribution >= 0.6 is 0 Å². The number of hydrogen-bond donors (Lipinski definition) is 1. The second kappa shape index (κ2) is 5.42. The van der Waals surface area contributed by atoms with Crippen LogP contribution in [0.3, 0.4) is 0 Å². The Bertz CT molecular complexity index is 488. The quantitative estimate of drug-likeness (QED) is 0.563. The van der Waals surface area contributed by atoms with Gasteiger partial charge in [0.15, 0.2) is 5.76 Å². The van der Waals surface area contributed by atoms with Gasteiger partial charge in [0, 0.05) is 11.5 Å². The lowest BCUT2D eigenvalue weighted by Crippen LogP contribution is -2.43. The van der Waals surface area contributed by atoms with Crippen LogP contribution in [0.4, 0.5) is 0 Å². The lowest BCUT2D eigenvalue weighted by atomic mass is 9.78. The highest BCUT2D eigenvalue weighted by Crippen LogP contribution is 2.52. The van der Waals surface area contributed by atoms with Crippen LogP contribution in [-0.2, 0) is 4.79 Å². The molecule has 1 saturated carbocycles. The zero-order chi connectivity index (χ0) is 16.0. The Balaban J connectivity index is 2.47. The average molecular weight is 307 g/mol. The van der Waals surface area contributed by atoms with E-state index in [-0.39, 0.29) is 22.5 Å². The molecule has 0 aliphatic heterocycles. The number of hydrogen-bond acceptors (Lipinski definition) is 2. The number of aliphatic hydroxyl groups is 1. The van der Waals surface area contributed by atoms with E-state index >= 15 is 0 Å². The van der Waals surface area contributed by atoms with E-state index in [4.69, 9.17) is 0 Å². The van der Waals surface area contributed by atoms with Crippen LogP contribution in [0.1, 0.15) is 52.9 Å². The van der Waals surface area contributed by atoms with Crippen molar-refractivity contribution >= 4 is 13.9 Å². The number of allylic oxidation sites excluding steroid dienone is 2. The molecule has 0 saturated heterocycles. The van der Waals surface area contributed by atoms with Gasteiger partial charge in [-0.15, -0.1) is 0 Å². The molecule has 1 N–H and O–H groups in total. The van der Waals surface area contributed by atoms with Crippen molar-refractivity contribution in [3.8, 4) is 0 Å². The number of carbonyl (C=O) groups is 1. The molecule has 2 aliphatic rings. The third-order valence-corrected chi connectivity index (χ3v) is 11.8. The lowest BCUT2D eigenvalue weighted by Gasteiger charge is -2.42. The topological polar surface area (TPSA) is 37.3 Å². The fourth-order valence-electron chi connectivity index (χ4n) is 3.81. The molecule has 1 fully saturated rings. The normalized spacial score (nSPS) is 25.9. The molecule has 0 unspecified atom stereocenters. The van der Waals surface area contributed by atoms with E-state index < -0.39 is 8.07 Å². The molecule has 0 spiro atoms. The van der Waals surface area contributed by atoms with Crippen molar-refractivity contribution in [2.45, 2.75) is 71.0 Å². The Morgan fingerprint density at radius 1 is 1.14 bits per heavy atom. The van der Waals surface area contributed by atoms with Gasteiger partial charge in [-0.3, -0.25) is 4.79 Å². The van der Waals surface area contributed by atoms with Crippen molar-refractivity contribution in [3.05, 3.63) is 23.1 Å². The molecular formula is C18H30O2Si. The van der Waals surface area contributed by atoms with Crippen LogP contribution in [-0.4, -0.2) is 19.0 Å². The molecule has 2 rings (SSSR count). The van der Waals surface area contributed by atoms with Crippen LogP contribution in [0, 0.1) is 11.8 Å². The largest absolute Gasteiger partial charge is 0.504 e. The van der Waals surface area contributed by atoms with Crippen molar-refractivity contribution < 1.29 is 9.90 Å². The summed E-state index contributed by atoms with van der Waals surface area (Å²) in [6.45, 7) is 15.4. The molecule has 0 aromatic carbocycles. The van der Waals surface area contributed by atoms with Gasteiger partial charge < -0.3 is 5.11 Å². The molecule has 0 bridgehead atoms. The van der Waals surface area contributed by atoms with E-state index in [0.717, 1.165) is 5.20 Å². The van der Waals surface area contributed by atoms with Gasteiger partial charge in [-0.25, -0.2) is 0 Å². The van der Waals surface area contributed by atoms with E-state index in [1.807, 2.05) is 0 Å². The molecule has 0 aromatic heterocycles. The summed E-state index contributed by atoms with van der Waals surface area (Å²) in [5.41, 5.74) is 0.652. The van der Waals surface area contributed by atoms with Crippen molar-refractivity contribution in [2.24, 2.45) is 11.8 Å². The highest BCUT2D eigenvalue weighted by atomic mass is 28.3. The first kappa shape index (κ1) is 16.5. The zero-order valence-corrected chi connectivity index (χ0v) is 15.3. The summed E-state index contributed by atoms with van der Waals surface area (Å²) in [5.74, 6) is 0.468. The van der Waals surface area contributed by atoms with Crippen molar-refractivity contribution in [2.75, 3.05) is 0 Å². The number of ketones is 1. The standard InChI is InChI=1S/C18H30O2Si/c1-12-14(13-10-8-7-9-11-13)17(16(20)15(12)19)21(5,6)18(2,3)4/h13-14,20H,1,7-11H2,2-6H3/t14-/m1/s1. The number of rotatable bonds is 2.